The number of amides is 1. The molecule has 0 bridgehead atoms. The molecule has 4 rings (SSSR count). The third kappa shape index (κ3) is 4.28. The van der Waals surface area contributed by atoms with Gasteiger partial charge < -0.3 is 10.2 Å². The summed E-state index contributed by atoms with van der Waals surface area (Å²) in [6, 6.07) is 12.0. The lowest BCUT2D eigenvalue weighted by atomic mass is 10.0. The molecule has 6 nitrogen and oxygen atoms in total. The molecule has 1 amide bonds. The topological polar surface area (TPSA) is 79.4 Å². The van der Waals surface area contributed by atoms with E-state index in [9.17, 15) is 13.2 Å². The predicted octanol–water partition coefficient (Wildman–Crippen LogP) is 4.66. The summed E-state index contributed by atoms with van der Waals surface area (Å²) in [5, 5.41) is 4.41. The number of piperidine rings is 1. The summed E-state index contributed by atoms with van der Waals surface area (Å²) in [4.78, 5) is 19.7. The van der Waals surface area contributed by atoms with Gasteiger partial charge in [0.15, 0.2) is 9.84 Å². The molecule has 2 heterocycles. The number of hydrogen-bond acceptors (Lipinski definition) is 5. The van der Waals surface area contributed by atoms with E-state index in [1.807, 2.05) is 12.1 Å². The van der Waals surface area contributed by atoms with E-state index in [1.165, 1.54) is 37.1 Å². The molecule has 31 heavy (non-hydrogen) atoms. The van der Waals surface area contributed by atoms with Crippen LogP contribution < -0.4 is 10.2 Å². The van der Waals surface area contributed by atoms with Crippen LogP contribution in [0, 0.1) is 0 Å². The number of aromatic nitrogens is 1. The second-order valence-electron chi connectivity index (χ2n) is 8.17. The van der Waals surface area contributed by atoms with Crippen molar-refractivity contribution >= 4 is 37.9 Å². The fourth-order valence-electron chi connectivity index (χ4n) is 3.96. The molecule has 0 unspecified atom stereocenters. The van der Waals surface area contributed by atoms with Gasteiger partial charge in [-0.2, -0.15) is 0 Å². The monoisotopic (exact) mass is 437 g/mol. The quantitative estimate of drug-likeness (QED) is 0.628. The van der Waals surface area contributed by atoms with Gasteiger partial charge in [0.05, 0.1) is 15.8 Å². The van der Waals surface area contributed by atoms with E-state index in [1.54, 1.807) is 38.4 Å². The second-order valence-corrected chi connectivity index (χ2v) is 10.7. The maximum atomic E-state index is 12.8. The molecule has 7 heteroatoms. The zero-order valence-electron chi connectivity index (χ0n) is 17.8. The van der Waals surface area contributed by atoms with E-state index in [0.29, 0.717) is 11.3 Å². The van der Waals surface area contributed by atoms with Gasteiger partial charge in [0, 0.05) is 47.5 Å². The third-order valence-corrected chi connectivity index (χ3v) is 7.98. The molecule has 0 spiro atoms. The summed E-state index contributed by atoms with van der Waals surface area (Å²) in [6.07, 6.45) is 7.19. The van der Waals surface area contributed by atoms with E-state index in [-0.39, 0.29) is 10.8 Å². The summed E-state index contributed by atoms with van der Waals surface area (Å²) in [7, 11) is -3.37. The lowest BCUT2D eigenvalue weighted by Gasteiger charge is -2.30. The van der Waals surface area contributed by atoms with Gasteiger partial charge in [-0.25, -0.2) is 8.42 Å². The lowest BCUT2D eigenvalue weighted by molar-refractivity contribution is 0.102. The van der Waals surface area contributed by atoms with Crippen molar-refractivity contribution < 1.29 is 13.2 Å². The summed E-state index contributed by atoms with van der Waals surface area (Å²) in [6.45, 7) is 5.36. The first kappa shape index (κ1) is 21.3. The van der Waals surface area contributed by atoms with Crippen LogP contribution in [0.1, 0.15) is 43.5 Å². The molecule has 1 saturated heterocycles. The molecule has 3 aromatic rings. The van der Waals surface area contributed by atoms with Crippen molar-refractivity contribution in [2.75, 3.05) is 23.3 Å². The van der Waals surface area contributed by atoms with Gasteiger partial charge in [0.2, 0.25) is 0 Å². The average Bonchev–Trinajstić information content (AvgIpc) is 2.80. The highest BCUT2D eigenvalue weighted by molar-refractivity contribution is 7.92. The first-order valence-corrected chi connectivity index (χ1v) is 12.2. The van der Waals surface area contributed by atoms with Gasteiger partial charge in [-0.15, -0.1) is 0 Å². The number of benzene rings is 2. The molecular weight excluding hydrogens is 410 g/mol. The number of nitrogens with one attached hydrogen (secondary N) is 1. The number of rotatable bonds is 5. The van der Waals surface area contributed by atoms with E-state index in [0.717, 1.165) is 23.9 Å². The zero-order valence-corrected chi connectivity index (χ0v) is 18.7. The van der Waals surface area contributed by atoms with Gasteiger partial charge in [-0.05, 0) is 75.6 Å². The molecule has 1 aliphatic heterocycles. The third-order valence-electron chi connectivity index (χ3n) is 5.81. The van der Waals surface area contributed by atoms with Gasteiger partial charge in [-0.1, -0.05) is 0 Å². The van der Waals surface area contributed by atoms with Crippen LogP contribution in [0.2, 0.25) is 0 Å². The number of nitrogens with zero attached hydrogens (tertiary/aromatic N) is 2. The molecule has 1 aromatic heterocycles. The Morgan fingerprint density at radius 1 is 0.968 bits per heavy atom. The number of pyridine rings is 1. The Morgan fingerprint density at radius 2 is 1.68 bits per heavy atom. The van der Waals surface area contributed by atoms with E-state index >= 15 is 0 Å². The molecule has 0 aliphatic carbocycles. The largest absolute Gasteiger partial charge is 0.371 e. The molecule has 1 aliphatic rings. The van der Waals surface area contributed by atoms with E-state index < -0.39 is 15.1 Å². The van der Waals surface area contributed by atoms with E-state index in [2.05, 4.69) is 21.3 Å². The van der Waals surface area contributed by atoms with Crippen molar-refractivity contribution in [2.45, 2.75) is 43.3 Å². The summed E-state index contributed by atoms with van der Waals surface area (Å²) in [5.41, 5.74) is 2.26. The minimum Gasteiger partial charge on any atom is -0.371 e. The molecule has 0 saturated carbocycles. The van der Waals surface area contributed by atoms with Crippen LogP contribution in [0.4, 0.5) is 11.4 Å². The fraction of sp³-hybridized carbons (Fsp3) is 0.333. The maximum absolute atomic E-state index is 12.8. The number of hydrogen-bond donors (Lipinski definition) is 1. The zero-order chi connectivity index (χ0) is 22.0. The van der Waals surface area contributed by atoms with Crippen molar-refractivity contribution in [3.63, 3.8) is 0 Å². The standard InChI is InChI=1S/C24H27N3O3S/c1-17(2)31(29,30)19-8-6-18(7-9-19)24(28)26-22-10-11-23(27-14-4-3-5-15-27)20-12-13-25-16-21(20)22/h6-13,16-17H,3-5,14-15H2,1-2H3,(H,26,28). The molecular formula is C24H27N3O3S. The minimum atomic E-state index is -3.37. The first-order valence-electron chi connectivity index (χ1n) is 10.6. The summed E-state index contributed by atoms with van der Waals surface area (Å²) in [5.74, 6) is -0.288. The number of carbonyl (C=O) groups is 1. The number of sulfone groups is 1. The summed E-state index contributed by atoms with van der Waals surface area (Å²) < 4.78 is 24.6. The van der Waals surface area contributed by atoms with Crippen LogP contribution in [0.25, 0.3) is 10.8 Å². The van der Waals surface area contributed by atoms with Crippen LogP contribution in [-0.4, -0.2) is 37.6 Å². The van der Waals surface area contributed by atoms with Crippen LogP contribution in [0.15, 0.2) is 59.8 Å². The van der Waals surface area contributed by atoms with Crippen molar-refractivity contribution in [2.24, 2.45) is 0 Å². The van der Waals surface area contributed by atoms with Crippen molar-refractivity contribution in [1.29, 1.82) is 0 Å². The minimum absolute atomic E-state index is 0.222. The Balaban J connectivity index is 1.61. The Kier molecular flexibility index (Phi) is 5.96. The van der Waals surface area contributed by atoms with Crippen molar-refractivity contribution in [3.05, 3.63) is 60.4 Å². The molecule has 1 N–H and O–H groups in total. The van der Waals surface area contributed by atoms with Gasteiger partial charge >= 0.3 is 0 Å². The van der Waals surface area contributed by atoms with Gasteiger partial charge in [0.1, 0.15) is 0 Å². The Hall–Kier alpha value is -2.93. The highest BCUT2D eigenvalue weighted by Gasteiger charge is 2.20. The molecule has 0 radical (unpaired) electrons. The number of anilines is 2. The Bertz CT molecular complexity index is 1200. The van der Waals surface area contributed by atoms with E-state index in [4.69, 9.17) is 0 Å². The lowest BCUT2D eigenvalue weighted by Crippen LogP contribution is -2.29. The molecule has 162 valence electrons. The van der Waals surface area contributed by atoms with Crippen LogP contribution in [-0.2, 0) is 9.84 Å². The number of fused-ring (bicyclic) bond motifs is 1. The van der Waals surface area contributed by atoms with Crippen LogP contribution in [0.5, 0.6) is 0 Å². The Labute approximate surface area is 183 Å². The van der Waals surface area contributed by atoms with Gasteiger partial charge in [-0.3, -0.25) is 9.78 Å². The normalized spacial score (nSPS) is 14.7. The predicted molar refractivity (Wildman–Crippen MR) is 125 cm³/mol. The molecule has 0 atom stereocenters. The van der Waals surface area contributed by atoms with Crippen LogP contribution in [0.3, 0.4) is 0 Å². The highest BCUT2D eigenvalue weighted by Crippen LogP contribution is 2.33. The van der Waals surface area contributed by atoms with Crippen LogP contribution >= 0.6 is 0 Å². The van der Waals surface area contributed by atoms with Crippen molar-refractivity contribution in [1.82, 2.24) is 4.98 Å². The second kappa shape index (κ2) is 8.67. The number of carbonyl (C=O) groups excluding carboxylic acids is 1. The first-order chi connectivity index (χ1) is 14.9. The fourth-order valence-corrected chi connectivity index (χ4v) is 5.02. The molecule has 1 fully saturated rings. The average molecular weight is 438 g/mol. The highest BCUT2D eigenvalue weighted by atomic mass is 32.2. The van der Waals surface area contributed by atoms with Gasteiger partial charge in [0.25, 0.3) is 5.91 Å². The Morgan fingerprint density at radius 3 is 2.35 bits per heavy atom. The van der Waals surface area contributed by atoms with Crippen molar-refractivity contribution in [3.8, 4) is 0 Å². The SMILES string of the molecule is CC(C)S(=O)(=O)c1ccc(C(=O)Nc2ccc(N3CCCCC3)c3ccncc23)cc1. The summed E-state index contributed by atoms with van der Waals surface area (Å²) >= 11 is 0. The smallest absolute Gasteiger partial charge is 0.255 e. The molecule has 2 aromatic carbocycles. The maximum Gasteiger partial charge on any atom is 0.255 e.